The molecule has 16 heavy (non-hydrogen) atoms. The van der Waals surface area contributed by atoms with Crippen molar-refractivity contribution in [2.45, 2.75) is 59.8 Å². The van der Waals surface area contributed by atoms with E-state index in [0.717, 1.165) is 11.8 Å². The Hall–Kier alpha value is -0.660. The number of hydrogen-bond acceptors (Lipinski definition) is 1. The zero-order valence-electron chi connectivity index (χ0n) is 11.2. The van der Waals surface area contributed by atoms with Crippen molar-refractivity contribution in [1.29, 1.82) is 5.41 Å². The lowest BCUT2D eigenvalue weighted by molar-refractivity contribution is 0.279. The van der Waals surface area contributed by atoms with Gasteiger partial charge in [-0.1, -0.05) is 13.8 Å². The zero-order valence-corrected chi connectivity index (χ0v) is 11.2. The number of nitrogens with zero attached hydrogens (tertiary/aromatic N) is 1. The summed E-state index contributed by atoms with van der Waals surface area (Å²) >= 11 is 0. The Balaban J connectivity index is 2.40. The normalized spacial score (nSPS) is 27.2. The molecule has 0 heterocycles. The predicted octanol–water partition coefficient (Wildman–Crippen LogP) is 4.30. The summed E-state index contributed by atoms with van der Waals surface area (Å²) in [7, 11) is 0. The highest BCUT2D eigenvalue weighted by atomic mass is 14.8. The van der Waals surface area contributed by atoms with Gasteiger partial charge in [-0.3, -0.25) is 5.41 Å². The highest BCUT2D eigenvalue weighted by Crippen LogP contribution is 2.33. The molecule has 2 heteroatoms. The Labute approximate surface area is 100 Å². The maximum absolute atomic E-state index is 7.39. The first kappa shape index (κ1) is 13.4. The Morgan fingerprint density at radius 3 is 2.19 bits per heavy atom. The minimum absolute atomic E-state index is 0.446. The largest absolute Gasteiger partial charge is 0.287 e. The molecule has 0 unspecified atom stereocenters. The second kappa shape index (κ2) is 6.17. The number of aliphatic imine (C=N–C) groups is 1. The summed E-state index contributed by atoms with van der Waals surface area (Å²) in [6, 6.07) is 0. The van der Waals surface area contributed by atoms with Crippen LogP contribution in [0, 0.1) is 23.2 Å². The Kier molecular flexibility index (Phi) is 5.17. The Morgan fingerprint density at radius 2 is 1.75 bits per heavy atom. The van der Waals surface area contributed by atoms with E-state index in [-0.39, 0.29) is 0 Å². The molecule has 0 aromatic carbocycles. The first-order valence-electron chi connectivity index (χ1n) is 6.59. The van der Waals surface area contributed by atoms with Gasteiger partial charge in [-0.2, -0.15) is 0 Å². The van der Waals surface area contributed by atoms with Crippen molar-refractivity contribution in [3.63, 3.8) is 0 Å². The summed E-state index contributed by atoms with van der Waals surface area (Å²) < 4.78 is 0. The molecule has 0 spiro atoms. The topological polar surface area (TPSA) is 36.2 Å². The molecular weight excluding hydrogens is 196 g/mol. The Bertz CT molecular complexity index is 258. The van der Waals surface area contributed by atoms with E-state index < -0.39 is 0 Å². The van der Waals surface area contributed by atoms with Gasteiger partial charge in [0, 0.05) is 5.71 Å². The first-order valence-corrected chi connectivity index (χ1v) is 6.59. The van der Waals surface area contributed by atoms with Gasteiger partial charge >= 0.3 is 0 Å². The maximum atomic E-state index is 7.39. The van der Waals surface area contributed by atoms with Gasteiger partial charge in [0.05, 0.1) is 0 Å². The van der Waals surface area contributed by atoms with E-state index in [1.54, 1.807) is 6.92 Å². The molecule has 1 saturated carbocycles. The van der Waals surface area contributed by atoms with Gasteiger partial charge in [0.25, 0.3) is 0 Å². The molecule has 0 saturated heterocycles. The van der Waals surface area contributed by atoms with Crippen LogP contribution in [0.25, 0.3) is 0 Å². The molecule has 1 rings (SSSR count). The van der Waals surface area contributed by atoms with Gasteiger partial charge < -0.3 is 0 Å². The molecule has 1 N–H and O–H groups in total. The number of nitrogens with one attached hydrogen (secondary N) is 1. The van der Waals surface area contributed by atoms with Gasteiger partial charge in [0.15, 0.2) is 0 Å². The molecule has 1 aliphatic carbocycles. The van der Waals surface area contributed by atoms with Crippen LogP contribution < -0.4 is 0 Å². The molecule has 0 aromatic rings. The summed E-state index contributed by atoms with van der Waals surface area (Å²) in [6.07, 6.45) is 6.64. The second-order valence-corrected chi connectivity index (χ2v) is 5.69. The van der Waals surface area contributed by atoms with Crippen molar-refractivity contribution in [3.8, 4) is 0 Å². The fraction of sp³-hybridized carbons (Fsp3) is 0.857. The molecule has 92 valence electrons. The van der Waals surface area contributed by atoms with Crippen LogP contribution in [0.4, 0.5) is 0 Å². The third-order valence-electron chi connectivity index (χ3n) is 3.59. The summed E-state index contributed by atoms with van der Waals surface area (Å²) in [5.74, 6) is 2.86. The third kappa shape index (κ3) is 4.46. The van der Waals surface area contributed by atoms with Crippen LogP contribution in [-0.2, 0) is 0 Å². The van der Waals surface area contributed by atoms with Gasteiger partial charge in [-0.25, -0.2) is 4.99 Å². The summed E-state index contributed by atoms with van der Waals surface area (Å²) in [5, 5.41) is 7.39. The van der Waals surface area contributed by atoms with Crippen LogP contribution in [0.3, 0.4) is 0 Å². The fourth-order valence-corrected chi connectivity index (χ4v) is 2.84. The van der Waals surface area contributed by atoms with Crippen LogP contribution in [0.15, 0.2) is 4.99 Å². The van der Waals surface area contributed by atoms with Crippen LogP contribution in [-0.4, -0.2) is 11.5 Å². The highest BCUT2D eigenvalue weighted by molar-refractivity contribution is 5.95. The highest BCUT2D eigenvalue weighted by Gasteiger charge is 2.23. The SMILES string of the molecule is CC(=N)N=C(C)C1CCC(CC(C)C)CC1. The number of amidine groups is 1. The lowest BCUT2D eigenvalue weighted by Gasteiger charge is -2.29. The molecule has 0 atom stereocenters. The standard InChI is InChI=1S/C14H26N2/c1-10(2)9-13-5-7-14(8-6-13)11(3)16-12(4)15/h10,13-15H,5-9H2,1-4H3. The average Bonchev–Trinajstić information content (AvgIpc) is 2.16. The van der Waals surface area contributed by atoms with Crippen molar-refractivity contribution in [3.05, 3.63) is 0 Å². The zero-order chi connectivity index (χ0) is 12.1. The van der Waals surface area contributed by atoms with Crippen molar-refractivity contribution >= 4 is 11.5 Å². The second-order valence-electron chi connectivity index (χ2n) is 5.69. The summed E-state index contributed by atoms with van der Waals surface area (Å²) in [5.41, 5.74) is 1.18. The number of rotatable bonds is 3. The smallest absolute Gasteiger partial charge is 0.117 e. The van der Waals surface area contributed by atoms with E-state index in [1.807, 2.05) is 0 Å². The van der Waals surface area contributed by atoms with E-state index in [0.29, 0.717) is 11.8 Å². The average molecular weight is 222 g/mol. The maximum Gasteiger partial charge on any atom is 0.117 e. The van der Waals surface area contributed by atoms with Crippen molar-refractivity contribution in [2.75, 3.05) is 0 Å². The van der Waals surface area contributed by atoms with Crippen LogP contribution in [0.1, 0.15) is 59.8 Å². The number of hydrogen-bond donors (Lipinski definition) is 1. The lowest BCUT2D eigenvalue weighted by Crippen LogP contribution is -2.21. The van der Waals surface area contributed by atoms with Crippen LogP contribution in [0.5, 0.6) is 0 Å². The van der Waals surface area contributed by atoms with E-state index in [9.17, 15) is 0 Å². The van der Waals surface area contributed by atoms with E-state index in [4.69, 9.17) is 5.41 Å². The first-order chi connectivity index (χ1) is 7.49. The molecule has 0 amide bonds. The van der Waals surface area contributed by atoms with E-state index in [1.165, 1.54) is 37.8 Å². The van der Waals surface area contributed by atoms with E-state index in [2.05, 4.69) is 25.8 Å². The lowest BCUT2D eigenvalue weighted by atomic mass is 9.77. The summed E-state index contributed by atoms with van der Waals surface area (Å²) in [6.45, 7) is 8.48. The minimum atomic E-state index is 0.446. The molecule has 0 radical (unpaired) electrons. The van der Waals surface area contributed by atoms with Gasteiger partial charge in [0.2, 0.25) is 0 Å². The third-order valence-corrected chi connectivity index (χ3v) is 3.59. The molecular formula is C14H26N2. The van der Waals surface area contributed by atoms with Crippen molar-refractivity contribution < 1.29 is 0 Å². The monoisotopic (exact) mass is 222 g/mol. The Morgan fingerprint density at radius 1 is 1.19 bits per heavy atom. The van der Waals surface area contributed by atoms with Crippen LogP contribution >= 0.6 is 0 Å². The molecule has 2 nitrogen and oxygen atoms in total. The molecule has 0 aliphatic heterocycles. The molecule has 1 aliphatic rings. The quantitative estimate of drug-likeness (QED) is 0.546. The fourth-order valence-electron chi connectivity index (χ4n) is 2.84. The molecule has 1 fully saturated rings. The summed E-state index contributed by atoms with van der Waals surface area (Å²) in [4.78, 5) is 4.29. The van der Waals surface area contributed by atoms with Crippen molar-refractivity contribution in [2.24, 2.45) is 22.7 Å². The van der Waals surface area contributed by atoms with E-state index >= 15 is 0 Å². The molecule has 0 bridgehead atoms. The van der Waals surface area contributed by atoms with Gasteiger partial charge in [-0.05, 0) is 63.7 Å². The molecule has 0 aromatic heterocycles. The van der Waals surface area contributed by atoms with Crippen LogP contribution in [0.2, 0.25) is 0 Å². The predicted molar refractivity (Wildman–Crippen MR) is 71.4 cm³/mol. The van der Waals surface area contributed by atoms with Gasteiger partial charge in [0.1, 0.15) is 5.84 Å². The van der Waals surface area contributed by atoms with Crippen molar-refractivity contribution in [1.82, 2.24) is 0 Å². The minimum Gasteiger partial charge on any atom is -0.287 e. The van der Waals surface area contributed by atoms with Gasteiger partial charge in [-0.15, -0.1) is 0 Å².